The predicted molar refractivity (Wildman–Crippen MR) is 66.5 cm³/mol. The van der Waals surface area contributed by atoms with Gasteiger partial charge in [0, 0.05) is 33.2 Å². The molecule has 16 heavy (non-hydrogen) atoms. The summed E-state index contributed by atoms with van der Waals surface area (Å²) in [6.07, 6.45) is 5.50. The molecule has 0 aromatic carbocycles. The third-order valence-corrected chi connectivity index (χ3v) is 3.21. The third kappa shape index (κ3) is 4.84. The van der Waals surface area contributed by atoms with Crippen LogP contribution in [0.4, 0.5) is 4.79 Å². The third-order valence-electron chi connectivity index (χ3n) is 3.21. The number of urea groups is 1. The Morgan fingerprint density at radius 2 is 2.06 bits per heavy atom. The minimum atomic E-state index is -0.0200. The van der Waals surface area contributed by atoms with Crippen molar-refractivity contribution in [2.24, 2.45) is 5.92 Å². The fraction of sp³-hybridized carbons (Fsp3) is 0.917. The quantitative estimate of drug-likeness (QED) is 0.674. The van der Waals surface area contributed by atoms with E-state index in [1.165, 1.54) is 25.7 Å². The molecule has 2 N–H and O–H groups in total. The van der Waals surface area contributed by atoms with Crippen molar-refractivity contribution in [2.75, 3.05) is 27.2 Å². The van der Waals surface area contributed by atoms with E-state index in [0.717, 1.165) is 12.5 Å². The minimum absolute atomic E-state index is 0.0200. The minimum Gasteiger partial charge on any atom is -0.337 e. The van der Waals surface area contributed by atoms with E-state index in [0.29, 0.717) is 12.6 Å². The van der Waals surface area contributed by atoms with Gasteiger partial charge >= 0.3 is 6.03 Å². The molecule has 0 aromatic heterocycles. The summed E-state index contributed by atoms with van der Waals surface area (Å²) >= 11 is 0. The molecule has 1 saturated carbocycles. The maximum absolute atomic E-state index is 11.2. The summed E-state index contributed by atoms with van der Waals surface area (Å²) in [6.45, 7) is 3.78. The highest BCUT2D eigenvalue weighted by Gasteiger charge is 2.19. The van der Waals surface area contributed by atoms with Crippen LogP contribution in [-0.4, -0.2) is 44.2 Å². The van der Waals surface area contributed by atoms with Crippen molar-refractivity contribution in [2.45, 2.75) is 38.6 Å². The van der Waals surface area contributed by atoms with Gasteiger partial charge in [-0.2, -0.15) is 0 Å². The molecule has 1 fully saturated rings. The van der Waals surface area contributed by atoms with Crippen molar-refractivity contribution in [3.8, 4) is 0 Å². The van der Waals surface area contributed by atoms with Gasteiger partial charge in [-0.05, 0) is 19.3 Å². The molecule has 0 spiro atoms. The molecule has 4 heteroatoms. The molecule has 0 radical (unpaired) electrons. The second-order valence-electron chi connectivity index (χ2n) is 5.01. The van der Waals surface area contributed by atoms with Crippen molar-refractivity contribution < 1.29 is 4.79 Å². The Hall–Kier alpha value is -0.770. The van der Waals surface area contributed by atoms with Gasteiger partial charge < -0.3 is 15.5 Å². The van der Waals surface area contributed by atoms with Gasteiger partial charge in [-0.25, -0.2) is 4.79 Å². The van der Waals surface area contributed by atoms with Gasteiger partial charge in [0.25, 0.3) is 0 Å². The molecule has 1 unspecified atom stereocenters. The topological polar surface area (TPSA) is 44.4 Å². The molecule has 0 heterocycles. The molecule has 0 aromatic rings. The molecule has 0 saturated heterocycles. The highest BCUT2D eigenvalue weighted by Crippen LogP contribution is 2.30. The molecule has 1 aliphatic carbocycles. The van der Waals surface area contributed by atoms with Crippen LogP contribution in [0.1, 0.15) is 32.6 Å². The Bertz CT molecular complexity index is 214. The van der Waals surface area contributed by atoms with Crippen molar-refractivity contribution >= 4 is 6.03 Å². The lowest BCUT2D eigenvalue weighted by Crippen LogP contribution is -2.40. The maximum atomic E-state index is 11.2. The first kappa shape index (κ1) is 13.3. The largest absolute Gasteiger partial charge is 0.337 e. The standard InChI is InChI=1S/C12H25N3O/c1-10(9-11-5-4-6-11)13-7-8-14-12(16)15(2)3/h10-11,13H,4-9H2,1-3H3,(H,14,16). The zero-order valence-corrected chi connectivity index (χ0v) is 10.8. The highest BCUT2D eigenvalue weighted by atomic mass is 16.2. The molecule has 94 valence electrons. The first-order valence-corrected chi connectivity index (χ1v) is 6.28. The van der Waals surface area contributed by atoms with Crippen LogP contribution in [0.3, 0.4) is 0 Å². The zero-order chi connectivity index (χ0) is 12.0. The summed E-state index contributed by atoms with van der Waals surface area (Å²) in [7, 11) is 3.50. The monoisotopic (exact) mass is 227 g/mol. The van der Waals surface area contributed by atoms with Crippen molar-refractivity contribution in [3.63, 3.8) is 0 Å². The molecular formula is C12H25N3O. The van der Waals surface area contributed by atoms with Gasteiger partial charge in [-0.15, -0.1) is 0 Å². The van der Waals surface area contributed by atoms with E-state index in [1.54, 1.807) is 19.0 Å². The molecule has 1 aliphatic rings. The lowest BCUT2D eigenvalue weighted by atomic mass is 9.81. The Morgan fingerprint density at radius 3 is 2.56 bits per heavy atom. The summed E-state index contributed by atoms with van der Waals surface area (Å²) in [4.78, 5) is 12.8. The van der Waals surface area contributed by atoms with E-state index < -0.39 is 0 Å². The predicted octanol–water partition coefficient (Wildman–Crippen LogP) is 1.43. The Kier molecular flexibility index (Phi) is 5.60. The fourth-order valence-corrected chi connectivity index (χ4v) is 1.96. The van der Waals surface area contributed by atoms with Crippen LogP contribution in [0, 0.1) is 5.92 Å². The van der Waals surface area contributed by atoms with E-state index in [2.05, 4.69) is 17.6 Å². The summed E-state index contributed by atoms with van der Waals surface area (Å²) in [5.74, 6) is 0.943. The van der Waals surface area contributed by atoms with Crippen LogP contribution in [0.5, 0.6) is 0 Å². The van der Waals surface area contributed by atoms with Gasteiger partial charge in [-0.1, -0.05) is 19.3 Å². The van der Waals surface area contributed by atoms with Gasteiger partial charge in [0.1, 0.15) is 0 Å². The van der Waals surface area contributed by atoms with E-state index in [9.17, 15) is 4.79 Å². The fourth-order valence-electron chi connectivity index (χ4n) is 1.96. The number of hydrogen-bond acceptors (Lipinski definition) is 2. The highest BCUT2D eigenvalue weighted by molar-refractivity contribution is 5.73. The maximum Gasteiger partial charge on any atom is 0.316 e. The summed E-state index contributed by atoms with van der Waals surface area (Å²) in [5, 5.41) is 6.29. The number of amides is 2. The first-order valence-electron chi connectivity index (χ1n) is 6.28. The van der Waals surface area contributed by atoms with Crippen LogP contribution >= 0.6 is 0 Å². The normalized spacial score (nSPS) is 17.7. The van der Waals surface area contributed by atoms with Crippen molar-refractivity contribution in [1.29, 1.82) is 0 Å². The summed E-state index contributed by atoms with van der Waals surface area (Å²) in [5.41, 5.74) is 0. The molecule has 4 nitrogen and oxygen atoms in total. The molecule has 0 bridgehead atoms. The average Bonchev–Trinajstić information content (AvgIpc) is 2.18. The van der Waals surface area contributed by atoms with Crippen LogP contribution in [0.15, 0.2) is 0 Å². The van der Waals surface area contributed by atoms with Gasteiger partial charge in [0.15, 0.2) is 0 Å². The Labute approximate surface area is 98.8 Å². The second kappa shape index (κ2) is 6.74. The molecule has 0 aliphatic heterocycles. The average molecular weight is 227 g/mol. The molecular weight excluding hydrogens is 202 g/mol. The lowest BCUT2D eigenvalue weighted by molar-refractivity contribution is 0.217. The van der Waals surface area contributed by atoms with Crippen molar-refractivity contribution in [3.05, 3.63) is 0 Å². The molecule has 1 atom stereocenters. The van der Waals surface area contributed by atoms with Gasteiger partial charge in [0.2, 0.25) is 0 Å². The van der Waals surface area contributed by atoms with Crippen LogP contribution in [-0.2, 0) is 0 Å². The zero-order valence-electron chi connectivity index (χ0n) is 10.8. The summed E-state index contributed by atoms with van der Waals surface area (Å²) < 4.78 is 0. The SMILES string of the molecule is CC(CC1CCC1)NCCNC(=O)N(C)C. The number of carbonyl (C=O) groups excluding carboxylic acids is 1. The number of hydrogen-bond donors (Lipinski definition) is 2. The van der Waals surface area contributed by atoms with E-state index >= 15 is 0 Å². The van der Waals surface area contributed by atoms with E-state index in [1.807, 2.05) is 0 Å². The number of carbonyl (C=O) groups is 1. The number of nitrogens with one attached hydrogen (secondary N) is 2. The second-order valence-corrected chi connectivity index (χ2v) is 5.01. The van der Waals surface area contributed by atoms with E-state index in [-0.39, 0.29) is 6.03 Å². The molecule has 1 rings (SSSR count). The first-order chi connectivity index (χ1) is 7.59. The van der Waals surface area contributed by atoms with E-state index in [4.69, 9.17) is 0 Å². The van der Waals surface area contributed by atoms with Crippen LogP contribution in [0.2, 0.25) is 0 Å². The molecule has 2 amide bonds. The van der Waals surface area contributed by atoms with Crippen LogP contribution in [0.25, 0.3) is 0 Å². The summed E-state index contributed by atoms with van der Waals surface area (Å²) in [6, 6.07) is 0.551. The van der Waals surface area contributed by atoms with Gasteiger partial charge in [-0.3, -0.25) is 0 Å². The lowest BCUT2D eigenvalue weighted by Gasteiger charge is -2.28. The Balaban J connectivity index is 1.95. The van der Waals surface area contributed by atoms with Crippen molar-refractivity contribution in [1.82, 2.24) is 15.5 Å². The van der Waals surface area contributed by atoms with Crippen LogP contribution < -0.4 is 10.6 Å². The van der Waals surface area contributed by atoms with Gasteiger partial charge in [0.05, 0.1) is 0 Å². The number of nitrogens with zero attached hydrogens (tertiary/aromatic N) is 1. The number of rotatable bonds is 6. The Morgan fingerprint density at radius 1 is 1.38 bits per heavy atom. The smallest absolute Gasteiger partial charge is 0.316 e.